The van der Waals surface area contributed by atoms with Crippen molar-refractivity contribution in [1.29, 1.82) is 0 Å². The SMILES string of the molecule is CCCC[NH2+]CCCC.CCCC[NH2+]CCCC.O=C([O-])C(=O)[O-]. The van der Waals surface area contributed by atoms with Gasteiger partial charge in [0.05, 0.1) is 38.1 Å². The number of rotatable bonds is 12. The van der Waals surface area contributed by atoms with Crippen LogP contribution in [0.25, 0.3) is 0 Å². The van der Waals surface area contributed by atoms with Crippen LogP contribution >= 0.6 is 0 Å². The van der Waals surface area contributed by atoms with Gasteiger partial charge in [0, 0.05) is 0 Å². The Hall–Kier alpha value is -1.14. The van der Waals surface area contributed by atoms with Gasteiger partial charge in [0.1, 0.15) is 0 Å². The summed E-state index contributed by atoms with van der Waals surface area (Å²) in [4.78, 5) is 17.9. The highest BCUT2D eigenvalue weighted by Gasteiger charge is 1.87. The molecule has 0 amide bonds. The summed E-state index contributed by atoms with van der Waals surface area (Å²) in [6.07, 6.45) is 10.9. The van der Waals surface area contributed by atoms with Crippen molar-refractivity contribution < 1.29 is 30.4 Å². The molecule has 4 N–H and O–H groups in total. The number of carbonyl (C=O) groups excluding carboxylic acids is 2. The number of unbranched alkanes of at least 4 members (excludes halogenated alkanes) is 4. The standard InChI is InChI=1S/2C8H19N.C2H2O4/c2*1-3-5-7-9-8-6-4-2;3-1(4)2(5)6/h2*9H,3-8H2,1-2H3;(H,3,4)(H,5,6). The minimum absolute atomic E-state index is 1.33. The van der Waals surface area contributed by atoms with Gasteiger partial charge in [-0.25, -0.2) is 0 Å². The third-order valence-electron chi connectivity index (χ3n) is 3.21. The van der Waals surface area contributed by atoms with Crippen LogP contribution < -0.4 is 20.8 Å². The monoisotopic (exact) mass is 348 g/mol. The minimum atomic E-state index is -2.19. The topological polar surface area (TPSA) is 113 Å². The molecule has 0 rings (SSSR count). The van der Waals surface area contributed by atoms with Crippen LogP contribution in [-0.2, 0) is 9.59 Å². The van der Waals surface area contributed by atoms with Gasteiger partial charge in [0.2, 0.25) is 0 Å². The van der Waals surface area contributed by atoms with E-state index in [0.717, 1.165) is 0 Å². The molecule has 0 aromatic rings. The van der Waals surface area contributed by atoms with E-state index in [0.29, 0.717) is 0 Å². The lowest BCUT2D eigenvalue weighted by Gasteiger charge is -1.97. The molecule has 6 nitrogen and oxygen atoms in total. The molecule has 24 heavy (non-hydrogen) atoms. The van der Waals surface area contributed by atoms with Crippen molar-refractivity contribution in [3.05, 3.63) is 0 Å². The van der Waals surface area contributed by atoms with Crippen molar-refractivity contribution in [2.75, 3.05) is 26.2 Å². The molecule has 0 atom stereocenters. The van der Waals surface area contributed by atoms with Crippen LogP contribution in [0.15, 0.2) is 0 Å². The molecule has 0 aliphatic heterocycles. The fourth-order valence-corrected chi connectivity index (χ4v) is 1.68. The van der Waals surface area contributed by atoms with Crippen molar-refractivity contribution in [1.82, 2.24) is 0 Å². The van der Waals surface area contributed by atoms with Crippen LogP contribution in [0.5, 0.6) is 0 Å². The molecule has 0 aliphatic rings. The fraction of sp³-hybridized carbons (Fsp3) is 0.889. The Labute approximate surface area is 148 Å². The van der Waals surface area contributed by atoms with Gasteiger partial charge in [0.15, 0.2) is 0 Å². The maximum atomic E-state index is 8.93. The summed E-state index contributed by atoms with van der Waals surface area (Å²) in [6.45, 7) is 14.3. The number of hydrogen-bond donors (Lipinski definition) is 2. The number of carbonyl (C=O) groups is 2. The van der Waals surface area contributed by atoms with E-state index >= 15 is 0 Å². The lowest BCUT2D eigenvalue weighted by molar-refractivity contribution is -0.655. The Morgan fingerprint density at radius 3 is 0.917 bits per heavy atom. The molecule has 0 spiro atoms. The van der Waals surface area contributed by atoms with E-state index in [1.807, 2.05) is 0 Å². The first-order valence-corrected chi connectivity index (χ1v) is 9.53. The summed E-state index contributed by atoms with van der Waals surface area (Å²) in [5.74, 6) is -4.37. The van der Waals surface area contributed by atoms with E-state index < -0.39 is 11.9 Å². The molecule has 146 valence electrons. The molecule has 6 heteroatoms. The molecule has 0 aromatic heterocycles. The van der Waals surface area contributed by atoms with E-state index in [-0.39, 0.29) is 0 Å². The smallest absolute Gasteiger partial charge is 0.0870 e. The number of carboxylic acids is 2. The molecular formula is C18H40N2O4. The number of aliphatic carboxylic acids is 2. The molecule has 0 bridgehead atoms. The zero-order valence-corrected chi connectivity index (χ0v) is 16.3. The molecular weight excluding hydrogens is 308 g/mol. The van der Waals surface area contributed by atoms with Crippen molar-refractivity contribution in [3.8, 4) is 0 Å². The zero-order valence-electron chi connectivity index (χ0n) is 16.3. The van der Waals surface area contributed by atoms with E-state index in [9.17, 15) is 0 Å². The van der Waals surface area contributed by atoms with Crippen LogP contribution in [0.4, 0.5) is 0 Å². The van der Waals surface area contributed by atoms with Gasteiger partial charge in [-0.2, -0.15) is 0 Å². The number of quaternary nitrogens is 2. The summed E-state index contributed by atoms with van der Waals surface area (Å²) in [6, 6.07) is 0. The van der Waals surface area contributed by atoms with Crippen LogP contribution in [0, 0.1) is 0 Å². The maximum absolute atomic E-state index is 8.93. The van der Waals surface area contributed by atoms with Gasteiger partial charge in [-0.3, -0.25) is 0 Å². The normalized spacial score (nSPS) is 9.33. The first-order chi connectivity index (χ1) is 11.5. The van der Waals surface area contributed by atoms with Gasteiger partial charge < -0.3 is 30.4 Å². The molecule has 0 saturated heterocycles. The number of carboxylic acid groups (broad SMARTS) is 2. The van der Waals surface area contributed by atoms with Crippen molar-refractivity contribution in [2.24, 2.45) is 0 Å². The first kappa shape index (κ1) is 27.7. The van der Waals surface area contributed by atoms with E-state index in [1.54, 1.807) is 0 Å². The van der Waals surface area contributed by atoms with Crippen LogP contribution in [0.2, 0.25) is 0 Å². The van der Waals surface area contributed by atoms with Gasteiger partial charge in [-0.15, -0.1) is 0 Å². The third kappa shape index (κ3) is 37.3. The molecule has 0 heterocycles. The second-order valence-corrected chi connectivity index (χ2v) is 5.72. The highest BCUT2D eigenvalue weighted by molar-refractivity contribution is 6.25. The highest BCUT2D eigenvalue weighted by Crippen LogP contribution is 1.81. The summed E-state index contributed by atoms with van der Waals surface area (Å²) >= 11 is 0. The van der Waals surface area contributed by atoms with Crippen LogP contribution in [-0.4, -0.2) is 38.1 Å². The Morgan fingerprint density at radius 1 is 0.583 bits per heavy atom. The van der Waals surface area contributed by atoms with Crippen molar-refractivity contribution in [3.63, 3.8) is 0 Å². The third-order valence-corrected chi connectivity index (χ3v) is 3.21. The molecule has 0 aliphatic carbocycles. The maximum Gasteiger partial charge on any atom is 0.0870 e. The second-order valence-electron chi connectivity index (χ2n) is 5.72. The first-order valence-electron chi connectivity index (χ1n) is 9.53. The second kappa shape index (κ2) is 26.7. The fourth-order valence-electron chi connectivity index (χ4n) is 1.68. The van der Waals surface area contributed by atoms with Crippen LogP contribution in [0.1, 0.15) is 79.1 Å². The predicted octanol–water partition coefficient (Wildman–Crippen LogP) is -1.21. The predicted molar refractivity (Wildman–Crippen MR) is 93.0 cm³/mol. The number of nitrogens with two attached hydrogens (primary N) is 2. The summed E-state index contributed by atoms with van der Waals surface area (Å²) in [7, 11) is 0. The van der Waals surface area contributed by atoms with Gasteiger partial charge in [-0.1, -0.05) is 53.4 Å². The van der Waals surface area contributed by atoms with E-state index in [4.69, 9.17) is 19.8 Å². The van der Waals surface area contributed by atoms with Crippen molar-refractivity contribution >= 4 is 11.9 Å². The van der Waals surface area contributed by atoms with Gasteiger partial charge >= 0.3 is 0 Å². The summed E-state index contributed by atoms with van der Waals surface area (Å²) < 4.78 is 0. The van der Waals surface area contributed by atoms with Gasteiger partial charge in [0.25, 0.3) is 0 Å². The Morgan fingerprint density at radius 2 is 0.792 bits per heavy atom. The summed E-state index contributed by atoms with van der Waals surface area (Å²) in [5.41, 5.74) is 0. The highest BCUT2D eigenvalue weighted by atomic mass is 16.4. The zero-order chi connectivity index (χ0) is 19.1. The van der Waals surface area contributed by atoms with Crippen molar-refractivity contribution in [2.45, 2.75) is 79.1 Å². The molecule has 0 saturated carbocycles. The number of hydrogen-bond acceptors (Lipinski definition) is 4. The Kier molecular flexibility index (Phi) is 30.9. The molecule has 0 unspecified atom stereocenters. The van der Waals surface area contributed by atoms with Gasteiger partial charge in [-0.05, 0) is 25.7 Å². The van der Waals surface area contributed by atoms with Crippen LogP contribution in [0.3, 0.4) is 0 Å². The minimum Gasteiger partial charge on any atom is -0.543 e. The summed E-state index contributed by atoms with van der Waals surface area (Å²) in [5, 5.41) is 22.7. The molecule has 0 fully saturated rings. The average molecular weight is 349 g/mol. The Balaban J connectivity index is -0.000000282. The van der Waals surface area contributed by atoms with E-state index in [1.165, 1.54) is 77.5 Å². The largest absolute Gasteiger partial charge is 0.543 e. The lowest BCUT2D eigenvalue weighted by Crippen LogP contribution is -2.84. The lowest BCUT2D eigenvalue weighted by atomic mass is 10.3. The van der Waals surface area contributed by atoms with E-state index in [2.05, 4.69) is 38.3 Å². The quantitative estimate of drug-likeness (QED) is 0.340. The molecule has 0 aromatic carbocycles. The molecule has 0 radical (unpaired) electrons. The average Bonchev–Trinajstić information content (AvgIpc) is 2.56. The Bertz CT molecular complexity index is 223.